The van der Waals surface area contributed by atoms with E-state index in [9.17, 15) is 13.6 Å². The third-order valence-corrected chi connectivity index (χ3v) is 7.04. The van der Waals surface area contributed by atoms with Crippen molar-refractivity contribution in [1.29, 1.82) is 0 Å². The predicted molar refractivity (Wildman–Crippen MR) is 131 cm³/mol. The largest absolute Gasteiger partial charge is 0.424 e. The summed E-state index contributed by atoms with van der Waals surface area (Å²) >= 11 is 0. The minimum atomic E-state index is -0.721. The standard InChI is InChI=1S/C27H27F2N5O2/c1-3-33-16-13-27(19-7-9-20(28)10-8-19,34-15-12-25(35)32(34)2)23(18-33)24-11-14-30-26(31-24)36-22-6-4-5-21(29)17-22/h4-12,14-15,17,23H,3,13,16,18H2,1-2H3. The first kappa shape index (κ1) is 23.9. The molecule has 1 aliphatic heterocycles. The second kappa shape index (κ2) is 9.66. The number of hydrogen-bond acceptors (Lipinski definition) is 5. The molecule has 2 aromatic heterocycles. The first-order chi connectivity index (χ1) is 17.4. The number of likely N-dealkylation sites (N-methyl/N-ethyl adjacent to an activating group) is 1. The van der Waals surface area contributed by atoms with E-state index in [2.05, 4.69) is 16.8 Å². The van der Waals surface area contributed by atoms with Crippen molar-refractivity contribution >= 4 is 0 Å². The van der Waals surface area contributed by atoms with Crippen LogP contribution in [0.5, 0.6) is 11.8 Å². The molecule has 4 aromatic rings. The number of hydrogen-bond donors (Lipinski definition) is 0. The number of halogens is 2. The Morgan fingerprint density at radius 1 is 1.08 bits per heavy atom. The van der Waals surface area contributed by atoms with Gasteiger partial charge in [0.1, 0.15) is 17.4 Å². The van der Waals surface area contributed by atoms with E-state index in [4.69, 9.17) is 9.72 Å². The van der Waals surface area contributed by atoms with E-state index in [0.717, 1.165) is 18.7 Å². The lowest BCUT2D eigenvalue weighted by atomic mass is 9.71. The lowest BCUT2D eigenvalue weighted by Gasteiger charge is -2.49. The number of aromatic nitrogens is 4. The Morgan fingerprint density at radius 2 is 1.89 bits per heavy atom. The molecule has 0 amide bonds. The van der Waals surface area contributed by atoms with Crippen molar-refractivity contribution < 1.29 is 13.5 Å². The molecule has 9 heteroatoms. The van der Waals surface area contributed by atoms with E-state index >= 15 is 0 Å². The van der Waals surface area contributed by atoms with Gasteiger partial charge in [0.15, 0.2) is 0 Å². The lowest BCUT2D eigenvalue weighted by Crippen LogP contribution is -2.54. The van der Waals surface area contributed by atoms with Gasteiger partial charge < -0.3 is 9.64 Å². The van der Waals surface area contributed by atoms with Gasteiger partial charge in [-0.3, -0.25) is 14.2 Å². The molecular formula is C27H27F2N5O2. The number of likely N-dealkylation sites (tertiary alicyclic amines) is 1. The molecule has 186 valence electrons. The van der Waals surface area contributed by atoms with Gasteiger partial charge in [-0.1, -0.05) is 25.1 Å². The fourth-order valence-corrected chi connectivity index (χ4v) is 5.20. The molecule has 2 atom stereocenters. The topological polar surface area (TPSA) is 65.2 Å². The molecule has 0 radical (unpaired) electrons. The van der Waals surface area contributed by atoms with Crippen molar-refractivity contribution in [3.05, 3.63) is 106 Å². The molecule has 1 saturated heterocycles. The summed E-state index contributed by atoms with van der Waals surface area (Å²) in [6, 6.07) is 15.7. The van der Waals surface area contributed by atoms with Crippen molar-refractivity contribution in [3.8, 4) is 11.8 Å². The van der Waals surface area contributed by atoms with Gasteiger partial charge in [-0.05, 0) is 48.9 Å². The molecule has 7 nitrogen and oxygen atoms in total. The average Bonchev–Trinajstić information content (AvgIpc) is 3.22. The Morgan fingerprint density at radius 3 is 2.58 bits per heavy atom. The van der Waals surface area contributed by atoms with Gasteiger partial charge in [0, 0.05) is 50.6 Å². The Labute approximate surface area is 207 Å². The van der Waals surface area contributed by atoms with Gasteiger partial charge in [-0.15, -0.1) is 0 Å². The Bertz CT molecular complexity index is 1420. The SMILES string of the molecule is CCN1CCC(c2ccc(F)cc2)(n2ccc(=O)n2C)C(c2ccnc(Oc3cccc(F)c3)n2)C1. The van der Waals surface area contributed by atoms with Crippen LogP contribution in [0, 0.1) is 11.6 Å². The van der Waals surface area contributed by atoms with Gasteiger partial charge in [0.2, 0.25) is 0 Å². The van der Waals surface area contributed by atoms with Crippen molar-refractivity contribution in [2.45, 2.75) is 24.8 Å². The summed E-state index contributed by atoms with van der Waals surface area (Å²) in [7, 11) is 1.73. The van der Waals surface area contributed by atoms with Crippen LogP contribution >= 0.6 is 0 Å². The van der Waals surface area contributed by atoms with Crippen LogP contribution in [0.25, 0.3) is 0 Å². The number of piperidine rings is 1. The minimum Gasteiger partial charge on any atom is -0.424 e. The highest BCUT2D eigenvalue weighted by Crippen LogP contribution is 2.46. The van der Waals surface area contributed by atoms with E-state index < -0.39 is 11.4 Å². The molecule has 0 bridgehead atoms. The highest BCUT2D eigenvalue weighted by molar-refractivity contribution is 5.34. The predicted octanol–water partition coefficient (Wildman–Crippen LogP) is 4.30. The summed E-state index contributed by atoms with van der Waals surface area (Å²) in [5.41, 5.74) is 0.731. The summed E-state index contributed by atoms with van der Waals surface area (Å²) in [6.07, 6.45) is 4.07. The van der Waals surface area contributed by atoms with Gasteiger partial charge in [0.25, 0.3) is 5.56 Å². The molecule has 1 aliphatic rings. The van der Waals surface area contributed by atoms with Crippen molar-refractivity contribution in [2.75, 3.05) is 19.6 Å². The molecule has 1 fully saturated rings. The lowest BCUT2D eigenvalue weighted by molar-refractivity contribution is 0.0932. The Balaban J connectivity index is 1.66. The molecule has 2 unspecified atom stereocenters. The second-order valence-electron chi connectivity index (χ2n) is 8.97. The van der Waals surface area contributed by atoms with Gasteiger partial charge in [0.05, 0.1) is 11.2 Å². The van der Waals surface area contributed by atoms with Crippen LogP contribution < -0.4 is 10.3 Å². The van der Waals surface area contributed by atoms with Crippen LogP contribution in [0.4, 0.5) is 8.78 Å². The van der Waals surface area contributed by atoms with Crippen LogP contribution in [0.1, 0.15) is 30.5 Å². The van der Waals surface area contributed by atoms with Gasteiger partial charge in [-0.25, -0.2) is 13.8 Å². The summed E-state index contributed by atoms with van der Waals surface area (Å²) in [5, 5.41) is 0. The van der Waals surface area contributed by atoms with E-state index in [1.54, 1.807) is 48.4 Å². The van der Waals surface area contributed by atoms with E-state index in [-0.39, 0.29) is 23.3 Å². The van der Waals surface area contributed by atoms with Crippen molar-refractivity contribution in [2.24, 2.45) is 7.05 Å². The number of nitrogens with zero attached hydrogens (tertiary/aromatic N) is 5. The minimum absolute atomic E-state index is 0.0983. The van der Waals surface area contributed by atoms with Crippen molar-refractivity contribution in [1.82, 2.24) is 24.2 Å². The Hall–Kier alpha value is -3.85. The van der Waals surface area contributed by atoms with Crippen LogP contribution in [-0.2, 0) is 12.6 Å². The van der Waals surface area contributed by atoms with Crippen LogP contribution in [-0.4, -0.2) is 43.9 Å². The van der Waals surface area contributed by atoms with Gasteiger partial charge in [-0.2, -0.15) is 4.98 Å². The zero-order valence-electron chi connectivity index (χ0n) is 20.1. The van der Waals surface area contributed by atoms with E-state index in [1.165, 1.54) is 30.3 Å². The fraction of sp³-hybridized carbons (Fsp3) is 0.296. The molecule has 2 aromatic carbocycles. The highest BCUT2D eigenvalue weighted by Gasteiger charge is 2.48. The molecule has 0 N–H and O–H groups in total. The molecule has 3 heterocycles. The first-order valence-corrected chi connectivity index (χ1v) is 11.9. The third kappa shape index (κ3) is 4.30. The fourth-order valence-electron chi connectivity index (χ4n) is 5.20. The zero-order valence-corrected chi connectivity index (χ0v) is 20.1. The first-order valence-electron chi connectivity index (χ1n) is 11.9. The van der Waals surface area contributed by atoms with Crippen LogP contribution in [0.15, 0.2) is 77.9 Å². The number of rotatable bonds is 6. The smallest absolute Gasteiger partial charge is 0.322 e. The monoisotopic (exact) mass is 491 g/mol. The average molecular weight is 492 g/mol. The summed E-state index contributed by atoms with van der Waals surface area (Å²) in [4.78, 5) is 23.9. The molecular weight excluding hydrogens is 464 g/mol. The number of ether oxygens (including phenoxy) is 1. The second-order valence-corrected chi connectivity index (χ2v) is 8.97. The molecule has 0 spiro atoms. The van der Waals surface area contributed by atoms with Crippen LogP contribution in [0.3, 0.4) is 0 Å². The maximum atomic E-state index is 14.0. The third-order valence-electron chi connectivity index (χ3n) is 7.04. The quantitative estimate of drug-likeness (QED) is 0.403. The molecule has 36 heavy (non-hydrogen) atoms. The maximum absolute atomic E-state index is 14.0. The normalized spacial score (nSPS) is 20.4. The molecule has 0 saturated carbocycles. The van der Waals surface area contributed by atoms with E-state index in [1.807, 2.05) is 10.7 Å². The van der Waals surface area contributed by atoms with Crippen molar-refractivity contribution in [3.63, 3.8) is 0 Å². The molecule has 0 aliphatic carbocycles. The van der Waals surface area contributed by atoms with Gasteiger partial charge >= 0.3 is 6.01 Å². The van der Waals surface area contributed by atoms with E-state index in [0.29, 0.717) is 24.4 Å². The summed E-state index contributed by atoms with van der Waals surface area (Å²) in [6.45, 7) is 4.38. The summed E-state index contributed by atoms with van der Waals surface area (Å²) in [5.74, 6) is -0.680. The van der Waals surface area contributed by atoms with Crippen LogP contribution in [0.2, 0.25) is 0 Å². The Kier molecular flexibility index (Phi) is 6.40. The highest BCUT2D eigenvalue weighted by atomic mass is 19.1. The maximum Gasteiger partial charge on any atom is 0.322 e. The summed E-state index contributed by atoms with van der Waals surface area (Å²) < 4.78 is 36.9. The zero-order chi connectivity index (χ0) is 25.3. The molecule has 5 rings (SSSR count). The number of benzene rings is 2.